The van der Waals surface area contributed by atoms with Gasteiger partial charge in [0.15, 0.2) is 0 Å². The van der Waals surface area contributed by atoms with E-state index in [1.54, 1.807) is 15.9 Å². The lowest BCUT2D eigenvalue weighted by atomic mass is 9.97. The lowest BCUT2D eigenvalue weighted by molar-refractivity contribution is -0.122. The van der Waals surface area contributed by atoms with Gasteiger partial charge in [-0.05, 0) is 37.1 Å². The smallest absolute Gasteiger partial charge is 0.293 e. The summed E-state index contributed by atoms with van der Waals surface area (Å²) in [5, 5.41) is 13.3. The number of thiophene rings is 1. The molecular weight excluding hydrogens is 326 g/mol. The minimum absolute atomic E-state index is 0.0827. The first-order valence-electron chi connectivity index (χ1n) is 7.97. The van der Waals surface area contributed by atoms with Crippen molar-refractivity contribution in [2.45, 2.75) is 38.8 Å². The van der Waals surface area contributed by atoms with Gasteiger partial charge >= 0.3 is 0 Å². The van der Waals surface area contributed by atoms with Crippen LogP contribution in [0.15, 0.2) is 28.6 Å². The summed E-state index contributed by atoms with van der Waals surface area (Å²) >= 11 is 1.58. The number of aromatic nitrogens is 4. The van der Waals surface area contributed by atoms with E-state index in [9.17, 15) is 9.59 Å². The average molecular weight is 343 g/mol. The second kappa shape index (κ2) is 6.20. The molecule has 0 unspecified atom stereocenters. The van der Waals surface area contributed by atoms with Gasteiger partial charge in [-0.25, -0.2) is 9.20 Å². The molecule has 124 valence electrons. The predicted octanol–water partition coefficient (Wildman–Crippen LogP) is 1.15. The molecule has 0 fully saturated rings. The van der Waals surface area contributed by atoms with Crippen LogP contribution >= 0.6 is 11.3 Å². The normalized spacial score (nSPS) is 13.8. The van der Waals surface area contributed by atoms with E-state index < -0.39 is 0 Å². The number of rotatable bonds is 4. The Morgan fingerprint density at radius 1 is 1.33 bits per heavy atom. The predicted molar refractivity (Wildman–Crippen MR) is 90.1 cm³/mol. The zero-order valence-corrected chi connectivity index (χ0v) is 13.9. The molecule has 1 aliphatic carbocycles. The summed E-state index contributed by atoms with van der Waals surface area (Å²) in [6.07, 6.45) is 5.45. The summed E-state index contributed by atoms with van der Waals surface area (Å²) in [4.78, 5) is 25.9. The van der Waals surface area contributed by atoms with Gasteiger partial charge in [0.1, 0.15) is 18.4 Å². The molecule has 24 heavy (non-hydrogen) atoms. The van der Waals surface area contributed by atoms with E-state index in [1.807, 2.05) is 17.5 Å². The highest BCUT2D eigenvalue weighted by Gasteiger charge is 2.20. The van der Waals surface area contributed by atoms with E-state index in [1.165, 1.54) is 11.0 Å². The van der Waals surface area contributed by atoms with Crippen LogP contribution in [-0.4, -0.2) is 25.3 Å². The minimum Gasteiger partial charge on any atom is -0.350 e. The number of amides is 1. The molecule has 3 heterocycles. The van der Waals surface area contributed by atoms with Crippen molar-refractivity contribution in [3.05, 3.63) is 50.3 Å². The fourth-order valence-electron chi connectivity index (χ4n) is 3.07. The molecule has 3 aromatic rings. The molecule has 3 aromatic heterocycles. The first-order valence-corrected chi connectivity index (χ1v) is 8.85. The molecule has 8 heteroatoms. The maximum Gasteiger partial charge on any atom is 0.293 e. The summed E-state index contributed by atoms with van der Waals surface area (Å²) in [6, 6.07) is 3.90. The Morgan fingerprint density at radius 2 is 2.21 bits per heavy atom. The number of aryl methyl sites for hydroxylation is 2. The van der Waals surface area contributed by atoms with Gasteiger partial charge in [-0.2, -0.15) is 10.2 Å². The summed E-state index contributed by atoms with van der Waals surface area (Å²) < 4.78 is 2.77. The van der Waals surface area contributed by atoms with Gasteiger partial charge in [-0.1, -0.05) is 6.07 Å². The van der Waals surface area contributed by atoms with Crippen molar-refractivity contribution >= 4 is 22.8 Å². The third-order valence-electron chi connectivity index (χ3n) is 4.25. The molecule has 0 atom stereocenters. The van der Waals surface area contributed by atoms with Crippen LogP contribution in [0.1, 0.15) is 29.0 Å². The number of nitrogens with one attached hydrogen (secondary N) is 1. The van der Waals surface area contributed by atoms with Gasteiger partial charge in [-0.15, -0.1) is 11.3 Å². The third-order valence-corrected chi connectivity index (χ3v) is 5.13. The van der Waals surface area contributed by atoms with E-state index in [-0.39, 0.29) is 18.0 Å². The number of hydrogen-bond acceptors (Lipinski definition) is 5. The summed E-state index contributed by atoms with van der Waals surface area (Å²) in [7, 11) is 0. The van der Waals surface area contributed by atoms with E-state index in [4.69, 9.17) is 0 Å². The molecule has 0 aliphatic heterocycles. The highest BCUT2D eigenvalue weighted by molar-refractivity contribution is 7.09. The van der Waals surface area contributed by atoms with Crippen molar-refractivity contribution in [3.63, 3.8) is 0 Å². The second-order valence-corrected chi connectivity index (χ2v) is 6.91. The van der Waals surface area contributed by atoms with Crippen molar-refractivity contribution < 1.29 is 4.79 Å². The van der Waals surface area contributed by atoms with Crippen LogP contribution in [0.5, 0.6) is 0 Å². The second-order valence-electron chi connectivity index (χ2n) is 5.88. The average Bonchev–Trinajstić information content (AvgIpc) is 3.22. The Hall–Kier alpha value is -2.48. The zero-order chi connectivity index (χ0) is 16.5. The topological polar surface area (TPSA) is 81.3 Å². The summed E-state index contributed by atoms with van der Waals surface area (Å²) in [5.41, 5.74) is 2.31. The molecule has 4 rings (SSSR count). The minimum atomic E-state index is -0.251. The van der Waals surface area contributed by atoms with Crippen LogP contribution in [0.3, 0.4) is 0 Å². The van der Waals surface area contributed by atoms with Gasteiger partial charge in [0, 0.05) is 10.4 Å². The van der Waals surface area contributed by atoms with Crippen LogP contribution in [0.2, 0.25) is 0 Å². The first kappa shape index (κ1) is 15.1. The van der Waals surface area contributed by atoms with E-state index >= 15 is 0 Å². The van der Waals surface area contributed by atoms with Crippen LogP contribution < -0.4 is 10.9 Å². The van der Waals surface area contributed by atoms with Gasteiger partial charge in [0.2, 0.25) is 5.91 Å². The molecular formula is C16H17N5O2S. The Balaban J connectivity index is 1.57. The largest absolute Gasteiger partial charge is 0.350 e. The molecule has 0 radical (unpaired) electrons. The molecule has 1 amide bonds. The quantitative estimate of drug-likeness (QED) is 0.770. The number of fused-ring (bicyclic) bond motifs is 3. The number of nitrogens with zero attached hydrogens (tertiary/aromatic N) is 4. The molecule has 1 N–H and O–H groups in total. The van der Waals surface area contributed by atoms with E-state index in [0.29, 0.717) is 12.1 Å². The lowest BCUT2D eigenvalue weighted by Gasteiger charge is -2.09. The highest BCUT2D eigenvalue weighted by Crippen LogP contribution is 2.22. The van der Waals surface area contributed by atoms with Gasteiger partial charge in [-0.3, -0.25) is 9.59 Å². The van der Waals surface area contributed by atoms with Crippen molar-refractivity contribution in [3.8, 4) is 0 Å². The zero-order valence-electron chi connectivity index (χ0n) is 13.1. The Labute approximate surface area is 141 Å². The Morgan fingerprint density at radius 3 is 3.04 bits per heavy atom. The van der Waals surface area contributed by atoms with Crippen molar-refractivity contribution in [2.75, 3.05) is 0 Å². The molecule has 0 saturated carbocycles. The van der Waals surface area contributed by atoms with Crippen LogP contribution in [-0.2, 0) is 30.7 Å². The van der Waals surface area contributed by atoms with Crippen LogP contribution in [0.4, 0.5) is 0 Å². The Bertz CT molecular complexity index is 941. The van der Waals surface area contributed by atoms with Crippen molar-refractivity contribution in [1.82, 2.24) is 24.7 Å². The SMILES string of the molecule is O=C(Cn1ncn2nc3c(c2c1=O)CCCC3)NCc1cccs1. The fourth-order valence-corrected chi connectivity index (χ4v) is 3.72. The van der Waals surface area contributed by atoms with Crippen LogP contribution in [0.25, 0.3) is 5.52 Å². The number of carbonyl (C=O) groups is 1. The van der Waals surface area contributed by atoms with E-state index in [2.05, 4.69) is 15.5 Å². The number of carbonyl (C=O) groups excluding carboxylic acids is 1. The summed E-state index contributed by atoms with van der Waals surface area (Å²) in [5.74, 6) is -0.226. The van der Waals surface area contributed by atoms with E-state index in [0.717, 1.165) is 41.8 Å². The maximum absolute atomic E-state index is 12.7. The molecule has 0 aromatic carbocycles. The molecule has 0 saturated heterocycles. The molecule has 7 nitrogen and oxygen atoms in total. The van der Waals surface area contributed by atoms with Gasteiger partial charge in [0.05, 0.1) is 12.2 Å². The highest BCUT2D eigenvalue weighted by atomic mass is 32.1. The molecule has 0 spiro atoms. The Kier molecular flexibility index (Phi) is 3.89. The van der Waals surface area contributed by atoms with Gasteiger partial charge < -0.3 is 5.32 Å². The van der Waals surface area contributed by atoms with Gasteiger partial charge in [0.25, 0.3) is 5.56 Å². The number of hydrogen-bond donors (Lipinski definition) is 1. The lowest BCUT2D eigenvalue weighted by Crippen LogP contribution is -2.34. The monoisotopic (exact) mass is 343 g/mol. The fraction of sp³-hybridized carbons (Fsp3) is 0.375. The molecule has 1 aliphatic rings. The standard InChI is InChI=1S/C16H17N5O2S/c22-14(17-8-11-4-3-7-24-11)9-20-16(23)15-12-5-1-2-6-13(12)19-21(15)10-18-20/h3-4,7,10H,1-2,5-6,8-9H2,(H,17,22). The van der Waals surface area contributed by atoms with Crippen molar-refractivity contribution in [2.24, 2.45) is 0 Å². The third kappa shape index (κ3) is 2.73. The van der Waals surface area contributed by atoms with Crippen LogP contribution in [0, 0.1) is 0 Å². The first-order chi connectivity index (χ1) is 11.7. The van der Waals surface area contributed by atoms with Crippen molar-refractivity contribution in [1.29, 1.82) is 0 Å². The maximum atomic E-state index is 12.7. The summed E-state index contributed by atoms with van der Waals surface area (Å²) in [6.45, 7) is 0.385. The molecule has 0 bridgehead atoms.